The number of carbonyl (C=O) groups excluding carboxylic acids is 1. The molecule has 2 N–H and O–H groups in total. The van der Waals surface area contributed by atoms with Gasteiger partial charge in [-0.05, 0) is 18.8 Å². The van der Waals surface area contributed by atoms with Gasteiger partial charge in [0.25, 0.3) is 5.91 Å². The molecular weight excluding hydrogens is 142 g/mol. The number of amides is 1. The fraction of sp³-hybridized carbons (Fsp3) is 0.625. The lowest BCUT2D eigenvalue weighted by Crippen LogP contribution is -2.28. The predicted molar refractivity (Wildman–Crippen MR) is 42.7 cm³/mol. The molecule has 0 spiro atoms. The van der Waals surface area contributed by atoms with E-state index in [9.17, 15) is 4.79 Å². The maximum Gasteiger partial charge on any atom is 0.295 e. The summed E-state index contributed by atoms with van der Waals surface area (Å²) < 4.78 is 0. The maximum absolute atomic E-state index is 10.7. The Morgan fingerprint density at radius 3 is 2.82 bits per heavy atom. The number of hydrogen-bond donors (Lipinski definition) is 2. The van der Waals surface area contributed by atoms with E-state index in [0.717, 1.165) is 0 Å². The van der Waals surface area contributed by atoms with E-state index < -0.39 is 0 Å². The monoisotopic (exact) mass is 155 g/mol. The highest BCUT2D eigenvalue weighted by Crippen LogP contribution is 1.87. The van der Waals surface area contributed by atoms with Crippen LogP contribution < -0.4 is 5.32 Å². The molecule has 1 amide bonds. The van der Waals surface area contributed by atoms with Crippen molar-refractivity contribution in [1.82, 2.24) is 5.32 Å². The summed E-state index contributed by atoms with van der Waals surface area (Å²) in [6.07, 6.45) is 0. The van der Waals surface area contributed by atoms with Gasteiger partial charge in [0.05, 0.1) is 0 Å². The second kappa shape index (κ2) is 5.75. The molecule has 0 aromatic heterocycles. The Kier molecular flexibility index (Phi) is 5.22. The van der Waals surface area contributed by atoms with Crippen molar-refractivity contribution in [3.63, 3.8) is 0 Å². The number of rotatable bonds is 3. The lowest BCUT2D eigenvalue weighted by molar-refractivity contribution is -0.115. The Morgan fingerprint density at radius 2 is 2.36 bits per heavy atom. The standard InChI is InChI=1S/C8H13NO2/c1-3-4-8(11)9-5-7(2)6-10/h7,10H,5-6H2,1-2H3,(H,9,11). The van der Waals surface area contributed by atoms with E-state index in [4.69, 9.17) is 5.11 Å². The van der Waals surface area contributed by atoms with E-state index in [0.29, 0.717) is 6.54 Å². The molecule has 1 atom stereocenters. The molecular formula is C8H13NO2. The summed E-state index contributed by atoms with van der Waals surface area (Å²) in [6, 6.07) is 0. The number of nitrogens with one attached hydrogen (secondary N) is 1. The Morgan fingerprint density at radius 1 is 1.73 bits per heavy atom. The van der Waals surface area contributed by atoms with Gasteiger partial charge < -0.3 is 10.4 Å². The van der Waals surface area contributed by atoms with E-state index >= 15 is 0 Å². The Hall–Kier alpha value is -1.01. The highest BCUT2D eigenvalue weighted by atomic mass is 16.3. The average molecular weight is 155 g/mol. The van der Waals surface area contributed by atoms with Gasteiger partial charge in [-0.3, -0.25) is 4.79 Å². The van der Waals surface area contributed by atoms with E-state index in [1.54, 1.807) is 6.92 Å². The zero-order chi connectivity index (χ0) is 8.69. The fourth-order valence-corrected chi connectivity index (χ4v) is 0.489. The molecule has 11 heavy (non-hydrogen) atoms. The zero-order valence-electron chi connectivity index (χ0n) is 6.85. The Bertz CT molecular complexity index is 178. The zero-order valence-corrected chi connectivity index (χ0v) is 6.85. The second-order valence-electron chi connectivity index (χ2n) is 2.37. The summed E-state index contributed by atoms with van der Waals surface area (Å²) in [5, 5.41) is 11.2. The van der Waals surface area contributed by atoms with Crippen LogP contribution in [0.2, 0.25) is 0 Å². The third kappa shape index (κ3) is 5.43. The van der Waals surface area contributed by atoms with Crippen LogP contribution in [0.25, 0.3) is 0 Å². The van der Waals surface area contributed by atoms with Crippen LogP contribution >= 0.6 is 0 Å². The molecule has 0 saturated carbocycles. The van der Waals surface area contributed by atoms with Crippen molar-refractivity contribution in [2.45, 2.75) is 13.8 Å². The lowest BCUT2D eigenvalue weighted by Gasteiger charge is -2.05. The first-order valence-corrected chi connectivity index (χ1v) is 3.52. The number of hydrogen-bond acceptors (Lipinski definition) is 2. The molecule has 0 saturated heterocycles. The van der Waals surface area contributed by atoms with E-state index in [1.165, 1.54) is 0 Å². The molecule has 0 bridgehead atoms. The average Bonchev–Trinajstić information content (AvgIpc) is 2.01. The van der Waals surface area contributed by atoms with Crippen molar-refractivity contribution in [3.8, 4) is 11.8 Å². The smallest absolute Gasteiger partial charge is 0.295 e. The quantitative estimate of drug-likeness (QED) is 0.552. The van der Waals surface area contributed by atoms with Gasteiger partial charge in [0.2, 0.25) is 0 Å². The van der Waals surface area contributed by atoms with Gasteiger partial charge in [0.15, 0.2) is 0 Å². The molecule has 0 aromatic rings. The number of aliphatic hydroxyl groups is 1. The summed E-state index contributed by atoms with van der Waals surface area (Å²) in [5.41, 5.74) is 0. The lowest BCUT2D eigenvalue weighted by atomic mass is 10.2. The van der Waals surface area contributed by atoms with Gasteiger partial charge in [-0.2, -0.15) is 0 Å². The Balaban J connectivity index is 3.51. The third-order valence-electron chi connectivity index (χ3n) is 1.16. The molecule has 62 valence electrons. The van der Waals surface area contributed by atoms with Gasteiger partial charge in [-0.1, -0.05) is 12.8 Å². The molecule has 3 heteroatoms. The molecule has 0 aliphatic carbocycles. The minimum atomic E-state index is -0.284. The van der Waals surface area contributed by atoms with Crippen molar-refractivity contribution < 1.29 is 9.90 Å². The molecule has 0 fully saturated rings. The van der Waals surface area contributed by atoms with Crippen LogP contribution in [0.15, 0.2) is 0 Å². The molecule has 0 aliphatic rings. The van der Waals surface area contributed by atoms with Crippen LogP contribution in [-0.2, 0) is 4.79 Å². The van der Waals surface area contributed by atoms with Crippen molar-refractivity contribution in [1.29, 1.82) is 0 Å². The first-order chi connectivity index (χ1) is 5.20. The predicted octanol–water partition coefficient (Wildman–Crippen LogP) is -0.246. The van der Waals surface area contributed by atoms with Crippen LogP contribution in [0.3, 0.4) is 0 Å². The van der Waals surface area contributed by atoms with Crippen molar-refractivity contribution in [2.75, 3.05) is 13.2 Å². The van der Waals surface area contributed by atoms with Crippen molar-refractivity contribution >= 4 is 5.91 Å². The summed E-state index contributed by atoms with van der Waals surface area (Å²) in [5.74, 6) is 4.64. The highest BCUT2D eigenvalue weighted by molar-refractivity contribution is 5.93. The first kappa shape index (κ1) is 9.99. The topological polar surface area (TPSA) is 49.3 Å². The Labute approximate surface area is 66.8 Å². The summed E-state index contributed by atoms with van der Waals surface area (Å²) in [7, 11) is 0. The first-order valence-electron chi connectivity index (χ1n) is 3.52. The van der Waals surface area contributed by atoms with Crippen LogP contribution in [0.5, 0.6) is 0 Å². The van der Waals surface area contributed by atoms with E-state index in [2.05, 4.69) is 17.2 Å². The van der Waals surface area contributed by atoms with Crippen LogP contribution in [0.4, 0.5) is 0 Å². The fourth-order valence-electron chi connectivity index (χ4n) is 0.489. The molecule has 0 heterocycles. The van der Waals surface area contributed by atoms with Crippen LogP contribution in [0.1, 0.15) is 13.8 Å². The highest BCUT2D eigenvalue weighted by Gasteiger charge is 2.00. The van der Waals surface area contributed by atoms with Gasteiger partial charge in [0.1, 0.15) is 0 Å². The van der Waals surface area contributed by atoms with E-state index in [1.807, 2.05) is 6.92 Å². The van der Waals surface area contributed by atoms with Gasteiger partial charge in [-0.15, -0.1) is 0 Å². The van der Waals surface area contributed by atoms with Crippen LogP contribution in [0, 0.1) is 17.8 Å². The van der Waals surface area contributed by atoms with E-state index in [-0.39, 0.29) is 18.4 Å². The SMILES string of the molecule is CC#CC(=O)NCC(C)CO. The summed E-state index contributed by atoms with van der Waals surface area (Å²) in [6.45, 7) is 4.01. The van der Waals surface area contributed by atoms with Gasteiger partial charge >= 0.3 is 0 Å². The minimum absolute atomic E-state index is 0.0832. The largest absolute Gasteiger partial charge is 0.396 e. The third-order valence-corrected chi connectivity index (χ3v) is 1.16. The number of carbonyl (C=O) groups is 1. The number of aliphatic hydroxyl groups excluding tert-OH is 1. The van der Waals surface area contributed by atoms with Gasteiger partial charge in [-0.25, -0.2) is 0 Å². The van der Waals surface area contributed by atoms with Crippen molar-refractivity contribution in [2.24, 2.45) is 5.92 Å². The molecule has 0 rings (SSSR count). The molecule has 1 unspecified atom stereocenters. The molecule has 0 radical (unpaired) electrons. The normalized spacial score (nSPS) is 11.2. The van der Waals surface area contributed by atoms with Crippen molar-refractivity contribution in [3.05, 3.63) is 0 Å². The second-order valence-corrected chi connectivity index (χ2v) is 2.37. The van der Waals surface area contributed by atoms with Crippen LogP contribution in [-0.4, -0.2) is 24.2 Å². The maximum atomic E-state index is 10.7. The molecule has 3 nitrogen and oxygen atoms in total. The van der Waals surface area contributed by atoms with Gasteiger partial charge in [0, 0.05) is 13.2 Å². The molecule has 0 aromatic carbocycles. The summed E-state index contributed by atoms with van der Waals surface area (Å²) >= 11 is 0. The summed E-state index contributed by atoms with van der Waals surface area (Å²) in [4.78, 5) is 10.7. The molecule has 0 aliphatic heterocycles. The minimum Gasteiger partial charge on any atom is -0.396 e.